The zero-order valence-electron chi connectivity index (χ0n) is 12.2. The Labute approximate surface area is 113 Å². The maximum atomic E-state index is 3.78. The minimum Gasteiger partial charge on any atom is -0.313 e. The molecule has 3 atom stereocenters. The molecule has 0 spiro atoms. The third-order valence-corrected chi connectivity index (χ3v) is 5.82. The molecule has 1 aliphatic carbocycles. The summed E-state index contributed by atoms with van der Waals surface area (Å²) in [6, 6.07) is 0.767. The molecule has 1 saturated carbocycles. The van der Waals surface area contributed by atoms with Gasteiger partial charge in [-0.1, -0.05) is 47.0 Å². The zero-order valence-corrected chi connectivity index (χ0v) is 13.0. The van der Waals surface area contributed by atoms with Gasteiger partial charge in [-0.25, -0.2) is 0 Å². The van der Waals surface area contributed by atoms with Crippen molar-refractivity contribution in [3.8, 4) is 0 Å². The average Bonchev–Trinajstić information content (AvgIpc) is 2.51. The second-order valence-corrected chi connectivity index (χ2v) is 7.44. The number of rotatable bonds is 6. The summed E-state index contributed by atoms with van der Waals surface area (Å²) in [6.45, 7) is 10.6. The molecule has 2 heteroatoms. The highest BCUT2D eigenvalue weighted by molar-refractivity contribution is 8.00. The van der Waals surface area contributed by atoms with Crippen molar-refractivity contribution < 1.29 is 0 Å². The van der Waals surface area contributed by atoms with Crippen molar-refractivity contribution in [2.45, 2.75) is 82.8 Å². The van der Waals surface area contributed by atoms with Crippen molar-refractivity contribution in [2.24, 2.45) is 5.92 Å². The van der Waals surface area contributed by atoms with Crippen molar-refractivity contribution in [3.05, 3.63) is 0 Å². The van der Waals surface area contributed by atoms with Gasteiger partial charge in [-0.2, -0.15) is 11.8 Å². The van der Waals surface area contributed by atoms with E-state index in [0.717, 1.165) is 22.5 Å². The SMILES string of the molecule is CCCNC1CCCCCC1SC(C)C(C)C. The van der Waals surface area contributed by atoms with Crippen LogP contribution in [0, 0.1) is 5.92 Å². The Hall–Kier alpha value is 0.310. The van der Waals surface area contributed by atoms with E-state index >= 15 is 0 Å². The van der Waals surface area contributed by atoms with E-state index in [4.69, 9.17) is 0 Å². The maximum absolute atomic E-state index is 3.78. The summed E-state index contributed by atoms with van der Waals surface area (Å²) < 4.78 is 0. The van der Waals surface area contributed by atoms with Gasteiger partial charge >= 0.3 is 0 Å². The predicted octanol–water partition coefficient (Wildman–Crippen LogP) is 4.47. The number of nitrogens with one attached hydrogen (secondary N) is 1. The lowest BCUT2D eigenvalue weighted by molar-refractivity contribution is 0.467. The largest absolute Gasteiger partial charge is 0.313 e. The molecule has 102 valence electrons. The van der Waals surface area contributed by atoms with Crippen molar-refractivity contribution in [1.29, 1.82) is 0 Å². The van der Waals surface area contributed by atoms with Crippen LogP contribution >= 0.6 is 11.8 Å². The van der Waals surface area contributed by atoms with Gasteiger partial charge < -0.3 is 5.32 Å². The normalized spacial score (nSPS) is 28.1. The molecule has 0 aromatic rings. The first-order chi connectivity index (χ1) is 8.15. The monoisotopic (exact) mass is 257 g/mol. The fourth-order valence-electron chi connectivity index (χ4n) is 2.43. The molecule has 0 saturated heterocycles. The van der Waals surface area contributed by atoms with E-state index in [0.29, 0.717) is 0 Å². The van der Waals surface area contributed by atoms with Crippen LogP contribution in [0.2, 0.25) is 0 Å². The molecule has 1 fully saturated rings. The van der Waals surface area contributed by atoms with Gasteiger partial charge in [0.1, 0.15) is 0 Å². The molecule has 0 bridgehead atoms. The summed E-state index contributed by atoms with van der Waals surface area (Å²) in [4.78, 5) is 0. The topological polar surface area (TPSA) is 12.0 Å². The molecule has 1 rings (SSSR count). The van der Waals surface area contributed by atoms with Crippen LogP contribution in [-0.2, 0) is 0 Å². The van der Waals surface area contributed by atoms with Crippen LogP contribution < -0.4 is 5.32 Å². The van der Waals surface area contributed by atoms with Gasteiger partial charge in [0.25, 0.3) is 0 Å². The lowest BCUT2D eigenvalue weighted by Crippen LogP contribution is -2.39. The van der Waals surface area contributed by atoms with Gasteiger partial charge in [0.05, 0.1) is 0 Å². The van der Waals surface area contributed by atoms with Crippen molar-refractivity contribution in [3.63, 3.8) is 0 Å². The van der Waals surface area contributed by atoms with Gasteiger partial charge in [-0.05, 0) is 31.7 Å². The van der Waals surface area contributed by atoms with E-state index in [2.05, 4.69) is 44.8 Å². The number of hydrogen-bond donors (Lipinski definition) is 1. The summed E-state index contributed by atoms with van der Waals surface area (Å²) in [5.74, 6) is 0.801. The summed E-state index contributed by atoms with van der Waals surface area (Å²) in [5.41, 5.74) is 0. The first-order valence-electron chi connectivity index (χ1n) is 7.54. The molecule has 0 aromatic heterocycles. The molecule has 0 aliphatic heterocycles. The van der Waals surface area contributed by atoms with Crippen molar-refractivity contribution >= 4 is 11.8 Å². The summed E-state index contributed by atoms with van der Waals surface area (Å²) in [5, 5.41) is 5.43. The van der Waals surface area contributed by atoms with E-state index in [1.54, 1.807) is 0 Å². The highest BCUT2D eigenvalue weighted by Crippen LogP contribution is 2.33. The van der Waals surface area contributed by atoms with Gasteiger partial charge in [0.15, 0.2) is 0 Å². The lowest BCUT2D eigenvalue weighted by Gasteiger charge is -2.29. The Morgan fingerprint density at radius 3 is 2.47 bits per heavy atom. The Morgan fingerprint density at radius 2 is 1.82 bits per heavy atom. The van der Waals surface area contributed by atoms with E-state index in [-0.39, 0.29) is 0 Å². The quantitative estimate of drug-likeness (QED) is 0.705. The molecule has 3 unspecified atom stereocenters. The Bertz CT molecular complexity index is 193. The minimum atomic E-state index is 0.767. The van der Waals surface area contributed by atoms with Crippen LogP contribution in [0.5, 0.6) is 0 Å². The maximum Gasteiger partial charge on any atom is 0.0203 e. The molecule has 1 aliphatic rings. The second-order valence-electron chi connectivity index (χ2n) is 5.82. The van der Waals surface area contributed by atoms with Crippen LogP contribution in [0.1, 0.15) is 66.2 Å². The third-order valence-electron chi connectivity index (χ3n) is 3.94. The fourth-order valence-corrected chi connectivity index (χ4v) is 4.02. The predicted molar refractivity (Wildman–Crippen MR) is 80.8 cm³/mol. The Morgan fingerprint density at radius 1 is 1.12 bits per heavy atom. The summed E-state index contributed by atoms with van der Waals surface area (Å²) in [6.07, 6.45) is 8.37. The standard InChI is InChI=1S/C15H31NS/c1-5-11-16-14-9-7-6-8-10-15(14)17-13(4)12(2)3/h12-16H,5-11H2,1-4H3. The minimum absolute atomic E-state index is 0.767. The highest BCUT2D eigenvalue weighted by atomic mass is 32.2. The Balaban J connectivity index is 2.49. The Kier molecular flexibility index (Phi) is 7.61. The fraction of sp³-hybridized carbons (Fsp3) is 1.00. The van der Waals surface area contributed by atoms with E-state index in [9.17, 15) is 0 Å². The van der Waals surface area contributed by atoms with E-state index in [1.807, 2.05) is 0 Å². The number of hydrogen-bond acceptors (Lipinski definition) is 2. The van der Waals surface area contributed by atoms with Crippen LogP contribution in [0.25, 0.3) is 0 Å². The molecule has 0 aromatic carbocycles. The molecule has 1 nitrogen and oxygen atoms in total. The van der Waals surface area contributed by atoms with Crippen LogP contribution in [0.3, 0.4) is 0 Å². The smallest absolute Gasteiger partial charge is 0.0203 e. The zero-order chi connectivity index (χ0) is 12.7. The molecule has 1 N–H and O–H groups in total. The first kappa shape index (κ1) is 15.4. The van der Waals surface area contributed by atoms with Gasteiger partial charge in [0.2, 0.25) is 0 Å². The molecule has 0 amide bonds. The summed E-state index contributed by atoms with van der Waals surface area (Å²) >= 11 is 2.24. The lowest BCUT2D eigenvalue weighted by atomic mass is 10.1. The van der Waals surface area contributed by atoms with Gasteiger partial charge in [0, 0.05) is 16.5 Å². The average molecular weight is 257 g/mol. The second kappa shape index (κ2) is 8.42. The van der Waals surface area contributed by atoms with Gasteiger partial charge in [-0.15, -0.1) is 0 Å². The van der Waals surface area contributed by atoms with Crippen molar-refractivity contribution in [1.82, 2.24) is 5.32 Å². The van der Waals surface area contributed by atoms with E-state index < -0.39 is 0 Å². The van der Waals surface area contributed by atoms with Crippen molar-refractivity contribution in [2.75, 3.05) is 6.54 Å². The summed E-state index contributed by atoms with van der Waals surface area (Å²) in [7, 11) is 0. The van der Waals surface area contributed by atoms with Crippen LogP contribution in [0.4, 0.5) is 0 Å². The molecular weight excluding hydrogens is 226 g/mol. The third kappa shape index (κ3) is 5.65. The van der Waals surface area contributed by atoms with E-state index in [1.165, 1.54) is 45.1 Å². The molecular formula is C15H31NS. The first-order valence-corrected chi connectivity index (χ1v) is 8.48. The molecule has 0 radical (unpaired) electrons. The number of thioether (sulfide) groups is 1. The van der Waals surface area contributed by atoms with Crippen LogP contribution in [0.15, 0.2) is 0 Å². The molecule has 0 heterocycles. The van der Waals surface area contributed by atoms with Gasteiger partial charge in [-0.3, -0.25) is 0 Å². The van der Waals surface area contributed by atoms with Crippen LogP contribution in [-0.4, -0.2) is 23.1 Å². The molecule has 17 heavy (non-hydrogen) atoms. The highest BCUT2D eigenvalue weighted by Gasteiger charge is 2.25.